The third-order valence-corrected chi connectivity index (χ3v) is 4.73. The second-order valence-electron chi connectivity index (χ2n) is 7.48. The smallest absolute Gasteiger partial charge is 0.289 e. The normalized spacial score (nSPS) is 13.4. The number of nitrogens with zero attached hydrogens (tertiary/aromatic N) is 2. The van der Waals surface area contributed by atoms with Gasteiger partial charge in [0.25, 0.3) is 11.8 Å². The Morgan fingerprint density at radius 1 is 1.21 bits per heavy atom. The van der Waals surface area contributed by atoms with Crippen LogP contribution in [-0.2, 0) is 0 Å². The quantitative estimate of drug-likeness (QED) is 0.708. The summed E-state index contributed by atoms with van der Waals surface area (Å²) in [6, 6.07) is 8.63. The summed E-state index contributed by atoms with van der Waals surface area (Å²) >= 11 is 0. The minimum absolute atomic E-state index is 0.0701. The van der Waals surface area contributed by atoms with Gasteiger partial charge in [-0.25, -0.2) is 4.98 Å². The molecule has 0 spiro atoms. The van der Waals surface area contributed by atoms with Gasteiger partial charge >= 0.3 is 0 Å². The third kappa shape index (κ3) is 3.94. The third-order valence-electron chi connectivity index (χ3n) is 4.73. The molecule has 1 aromatic carbocycles. The number of hydrogen-bond acceptors (Lipinski definition) is 5. The number of furan rings is 1. The molecule has 2 aromatic heterocycles. The van der Waals surface area contributed by atoms with Crippen molar-refractivity contribution in [3.8, 4) is 5.75 Å². The molecule has 1 saturated heterocycles. The van der Waals surface area contributed by atoms with E-state index in [1.807, 2.05) is 26.8 Å². The van der Waals surface area contributed by atoms with Crippen molar-refractivity contribution in [1.29, 1.82) is 0 Å². The number of carbonyl (C=O) groups is 2. The summed E-state index contributed by atoms with van der Waals surface area (Å²) in [6.45, 7) is 7.19. The molecule has 0 unspecified atom stereocenters. The van der Waals surface area contributed by atoms with Gasteiger partial charge in [0.05, 0.1) is 11.7 Å². The number of pyridine rings is 1. The van der Waals surface area contributed by atoms with E-state index in [4.69, 9.17) is 9.15 Å². The van der Waals surface area contributed by atoms with Gasteiger partial charge < -0.3 is 19.4 Å². The van der Waals surface area contributed by atoms with Crippen molar-refractivity contribution >= 4 is 28.6 Å². The molecular formula is C22H23N3O4. The van der Waals surface area contributed by atoms with Crippen LogP contribution >= 0.6 is 0 Å². The predicted octanol–water partition coefficient (Wildman–Crippen LogP) is 4.02. The monoisotopic (exact) mass is 393 g/mol. The first-order chi connectivity index (χ1) is 13.9. The zero-order valence-corrected chi connectivity index (χ0v) is 16.7. The van der Waals surface area contributed by atoms with Crippen LogP contribution in [0.4, 0.5) is 5.82 Å². The minimum Gasteiger partial charge on any atom is -0.491 e. The van der Waals surface area contributed by atoms with Gasteiger partial charge in [0.2, 0.25) is 0 Å². The van der Waals surface area contributed by atoms with Gasteiger partial charge in [-0.3, -0.25) is 9.59 Å². The Bertz CT molecular complexity index is 1070. The lowest BCUT2D eigenvalue weighted by atomic mass is 10.1. The van der Waals surface area contributed by atoms with Gasteiger partial charge in [0.15, 0.2) is 5.76 Å². The Morgan fingerprint density at radius 2 is 2.00 bits per heavy atom. The molecule has 0 saturated carbocycles. The molecule has 1 fully saturated rings. The van der Waals surface area contributed by atoms with E-state index < -0.39 is 0 Å². The van der Waals surface area contributed by atoms with E-state index in [0.29, 0.717) is 28.1 Å². The molecule has 1 aliphatic heterocycles. The number of amides is 2. The molecule has 0 bridgehead atoms. The second-order valence-corrected chi connectivity index (χ2v) is 7.48. The Kier molecular flexibility index (Phi) is 4.96. The number of likely N-dealkylation sites (tertiary alicyclic amines) is 1. The van der Waals surface area contributed by atoms with Crippen molar-refractivity contribution in [2.45, 2.75) is 33.3 Å². The molecule has 4 rings (SSSR count). The fourth-order valence-corrected chi connectivity index (χ4v) is 3.15. The van der Waals surface area contributed by atoms with Crippen molar-refractivity contribution in [3.63, 3.8) is 0 Å². The zero-order chi connectivity index (χ0) is 20.5. The van der Waals surface area contributed by atoms with E-state index in [0.717, 1.165) is 25.1 Å². The van der Waals surface area contributed by atoms with E-state index in [1.165, 1.54) is 0 Å². The fourth-order valence-electron chi connectivity index (χ4n) is 3.15. The number of fused-ring (bicyclic) bond motifs is 1. The van der Waals surface area contributed by atoms with E-state index in [9.17, 15) is 9.59 Å². The van der Waals surface area contributed by atoms with Crippen LogP contribution in [0, 0.1) is 6.92 Å². The number of hydrogen-bond donors (Lipinski definition) is 1. The van der Waals surface area contributed by atoms with Gasteiger partial charge in [0.1, 0.15) is 17.2 Å². The number of benzene rings is 1. The summed E-state index contributed by atoms with van der Waals surface area (Å²) in [6.07, 6.45) is 2.61. The van der Waals surface area contributed by atoms with E-state index in [1.54, 1.807) is 35.4 Å². The summed E-state index contributed by atoms with van der Waals surface area (Å²) in [5.41, 5.74) is 1.81. The lowest BCUT2D eigenvalue weighted by molar-refractivity contribution is 0.0621. The number of nitrogens with one attached hydrogen (secondary N) is 1. The number of carbonyl (C=O) groups excluding carboxylic acids is 2. The highest BCUT2D eigenvalue weighted by atomic mass is 16.5. The molecule has 0 radical (unpaired) electrons. The summed E-state index contributed by atoms with van der Waals surface area (Å²) < 4.78 is 11.6. The van der Waals surface area contributed by atoms with Crippen molar-refractivity contribution in [2.24, 2.45) is 0 Å². The lowest BCUT2D eigenvalue weighted by Gasteiger charge is -2.29. The highest BCUT2D eigenvalue weighted by molar-refractivity contribution is 6.13. The zero-order valence-electron chi connectivity index (χ0n) is 16.7. The molecule has 0 aliphatic carbocycles. The average molecular weight is 393 g/mol. The van der Waals surface area contributed by atoms with Crippen molar-refractivity contribution < 1.29 is 18.7 Å². The van der Waals surface area contributed by atoms with Crippen LogP contribution in [-0.4, -0.2) is 40.9 Å². The average Bonchev–Trinajstić information content (AvgIpc) is 3.05. The summed E-state index contributed by atoms with van der Waals surface area (Å²) in [4.78, 5) is 31.5. The number of aryl methyl sites for hydroxylation is 1. The van der Waals surface area contributed by atoms with Crippen molar-refractivity contribution in [1.82, 2.24) is 9.88 Å². The van der Waals surface area contributed by atoms with Crippen LogP contribution in [0.2, 0.25) is 0 Å². The minimum atomic E-state index is -0.343. The fraction of sp³-hybridized carbons (Fsp3) is 0.318. The maximum Gasteiger partial charge on any atom is 0.289 e. The summed E-state index contributed by atoms with van der Waals surface area (Å²) in [5.74, 6) is 0.676. The molecule has 0 atom stereocenters. The number of anilines is 1. The second kappa shape index (κ2) is 7.58. The lowest BCUT2D eigenvalue weighted by Crippen LogP contribution is -2.41. The number of rotatable bonds is 5. The highest BCUT2D eigenvalue weighted by Crippen LogP contribution is 2.30. The molecule has 1 aliphatic rings. The van der Waals surface area contributed by atoms with Crippen LogP contribution in [0.1, 0.15) is 46.7 Å². The summed E-state index contributed by atoms with van der Waals surface area (Å²) in [5, 5.41) is 3.36. The topological polar surface area (TPSA) is 84.7 Å². The Balaban J connectivity index is 1.72. The van der Waals surface area contributed by atoms with Gasteiger partial charge in [-0.15, -0.1) is 0 Å². The Hall–Kier alpha value is -3.35. The number of ether oxygens (including phenoxy) is 1. The van der Waals surface area contributed by atoms with Crippen LogP contribution in [0.15, 0.2) is 40.9 Å². The number of aromatic nitrogens is 1. The first-order valence-electron chi connectivity index (χ1n) is 9.68. The van der Waals surface area contributed by atoms with Gasteiger partial charge in [-0.1, -0.05) is 6.07 Å². The molecule has 7 heteroatoms. The summed E-state index contributed by atoms with van der Waals surface area (Å²) in [7, 11) is 0. The highest BCUT2D eigenvalue weighted by Gasteiger charge is 2.26. The molecule has 7 nitrogen and oxygen atoms in total. The van der Waals surface area contributed by atoms with Crippen LogP contribution in [0.3, 0.4) is 0 Å². The molecule has 1 N–H and O–H groups in total. The van der Waals surface area contributed by atoms with Gasteiger partial charge in [-0.2, -0.15) is 0 Å². The maximum absolute atomic E-state index is 13.0. The standard InChI is InChI=1S/C22H23N3O4/c1-13(2)28-15-9-17(21(26)24-20-6-5-14(3)12-23-20)16-11-19(29-18(16)10-15)22(27)25-7-4-8-25/h5-6,9-13H,4,7-8H2,1-3H3,(H,23,24,26). The van der Waals surface area contributed by atoms with Gasteiger partial charge in [-0.05, 0) is 51.0 Å². The molecule has 3 aromatic rings. The predicted molar refractivity (Wildman–Crippen MR) is 109 cm³/mol. The molecule has 2 amide bonds. The SMILES string of the molecule is Cc1ccc(NC(=O)c2cc(OC(C)C)cc3oc(C(=O)N4CCC4)cc23)nc1. The largest absolute Gasteiger partial charge is 0.491 e. The van der Waals surface area contributed by atoms with Crippen LogP contribution in [0.25, 0.3) is 11.0 Å². The van der Waals surface area contributed by atoms with Crippen molar-refractivity contribution in [2.75, 3.05) is 18.4 Å². The van der Waals surface area contributed by atoms with Gasteiger partial charge in [0, 0.05) is 30.7 Å². The Morgan fingerprint density at radius 3 is 2.62 bits per heavy atom. The molecule has 29 heavy (non-hydrogen) atoms. The first-order valence-corrected chi connectivity index (χ1v) is 9.68. The molecule has 3 heterocycles. The molecule has 150 valence electrons. The Labute approximate surface area is 168 Å². The van der Waals surface area contributed by atoms with Crippen LogP contribution < -0.4 is 10.1 Å². The molecular weight excluding hydrogens is 370 g/mol. The van der Waals surface area contributed by atoms with E-state index >= 15 is 0 Å². The van der Waals surface area contributed by atoms with Crippen LogP contribution in [0.5, 0.6) is 5.75 Å². The van der Waals surface area contributed by atoms with Crippen molar-refractivity contribution in [3.05, 3.63) is 53.4 Å². The van der Waals surface area contributed by atoms with E-state index in [2.05, 4.69) is 10.3 Å². The van der Waals surface area contributed by atoms with E-state index in [-0.39, 0.29) is 23.7 Å². The first kappa shape index (κ1) is 19.0. The maximum atomic E-state index is 13.0.